The van der Waals surface area contributed by atoms with Crippen molar-refractivity contribution in [2.45, 2.75) is 302 Å². The molecule has 0 saturated carbocycles. The third-order valence-corrected chi connectivity index (χ3v) is 21.6. The van der Waals surface area contributed by atoms with Gasteiger partial charge in [0.15, 0.2) is 0 Å². The molecule has 0 aliphatic carbocycles. The van der Waals surface area contributed by atoms with Crippen LogP contribution in [0.5, 0.6) is 23.0 Å². The molecule has 30 nitrogen and oxygen atoms in total. The van der Waals surface area contributed by atoms with E-state index >= 15 is 0 Å². The Morgan fingerprint density at radius 3 is 1.16 bits per heavy atom. The first-order chi connectivity index (χ1) is 61.1. The van der Waals surface area contributed by atoms with Gasteiger partial charge < -0.3 is 109 Å². The predicted molar refractivity (Wildman–Crippen MR) is 504 cm³/mol. The second-order valence-corrected chi connectivity index (χ2v) is 41.5. The van der Waals surface area contributed by atoms with E-state index < -0.39 is 89.0 Å². The standard InChI is InChI=1S/C18H27NO4.C17H25NO4.C15H21NO3.C14H19NO4.C12H18N2O2S.C12H17NO2.C7H10N2S.C2HF3O2.ClH/c1-12(2)11-22-14-7-6-13-9-19(10-16(20)15(13)8-14)17(21)23-18(3,4)5;1-11(2)21-13-7-6-12-9-18(10-15(19)14(12)8-13)16(20)22-17(3,4)5;1-10-5-6-11-8-16(9-13(17)12(11)7-10)14(18)19-15(2,3)4;1-14(2,3)19-13(18)15-7-9-4-5-10(16)6-11(9)12(17)8-15;1-8-13-9-5-6-14(7-10(9)17-8)11(15)16-12(2,3)4;1-8(2)15-10-4-3-9-6-13-7-12(14)11(9)5-10;1-5-9-6-2-3-8-4-7(6)10-5;3-2(4,5)1(6)7;/h6-8,12,16,20H,9-11H2,1-5H3;6-8,11,15,19H,9-10H2,1-5H3;5-7,13,17H,8-9H2,1-4H3;4-6,12,16-17H,7-8H2,1-3H3;5-7H2,1-4H3;3-5,8,12-14H,6-7H2,1-2H3;8H,2-4H2,1H3;(H,6,7);1H. The number of β-amino-alcohol motifs (C(OH)–C–C–N with tert-alkyl or cyclic N) is 5. The zero-order chi connectivity index (χ0) is 98.6. The second-order valence-electron chi connectivity index (χ2n) is 38.9. The van der Waals surface area contributed by atoms with Gasteiger partial charge in [-0.2, -0.15) is 13.2 Å². The Kier molecular flexibility index (Phi) is 40.9. The summed E-state index contributed by atoms with van der Waals surface area (Å²) < 4.78 is 75.4. The summed E-state index contributed by atoms with van der Waals surface area (Å²) >= 11 is 3.49. The van der Waals surface area contributed by atoms with E-state index in [0.29, 0.717) is 63.9 Å². The molecule has 5 amide bonds. The van der Waals surface area contributed by atoms with Crippen LogP contribution in [-0.2, 0) is 87.1 Å². The van der Waals surface area contributed by atoms with Crippen molar-refractivity contribution >= 4 is 71.5 Å². The number of benzene rings is 5. The first kappa shape index (κ1) is 112. The van der Waals surface area contributed by atoms with Crippen LogP contribution < -0.4 is 24.8 Å². The maximum absolute atomic E-state index is 12.2. The van der Waals surface area contributed by atoms with Gasteiger partial charge in [0.05, 0.1) is 103 Å². The number of aromatic hydroxyl groups is 1. The lowest BCUT2D eigenvalue weighted by molar-refractivity contribution is -0.192. The van der Waals surface area contributed by atoms with E-state index in [1.807, 2.05) is 209 Å². The molecule has 7 aromatic rings. The number of ether oxygens (including phenoxy) is 8. The highest BCUT2D eigenvalue weighted by atomic mass is 35.5. The summed E-state index contributed by atoms with van der Waals surface area (Å²) in [7, 11) is 0. The van der Waals surface area contributed by atoms with Gasteiger partial charge in [0.25, 0.3) is 0 Å². The van der Waals surface area contributed by atoms with Gasteiger partial charge >= 0.3 is 42.6 Å². The number of phenolic OH excluding ortho intramolecular Hbond substituents is 1. The number of thiazole rings is 2. The number of hydrogen-bond donors (Lipinski definition) is 9. The van der Waals surface area contributed by atoms with E-state index in [9.17, 15) is 67.8 Å². The van der Waals surface area contributed by atoms with Crippen LogP contribution in [0, 0.1) is 26.7 Å². The molecular formula is C97H139ClF3N9O21S2. The number of aryl methyl sites for hydroxylation is 3. The van der Waals surface area contributed by atoms with Crippen molar-refractivity contribution < 1.29 is 116 Å². The number of carboxylic acids is 1. The summed E-state index contributed by atoms with van der Waals surface area (Å²) in [6.07, 6.45) is -8.05. The largest absolute Gasteiger partial charge is 0.508 e. The van der Waals surface area contributed by atoms with E-state index in [1.165, 1.54) is 41.2 Å². The monoisotopic (exact) mass is 1920 g/mol. The van der Waals surface area contributed by atoms with Gasteiger partial charge in [-0.25, -0.2) is 38.7 Å². The molecule has 36 heteroatoms. The van der Waals surface area contributed by atoms with Gasteiger partial charge in [0.2, 0.25) is 0 Å². The summed E-state index contributed by atoms with van der Waals surface area (Å²) in [6, 6.07) is 27.9. The summed E-state index contributed by atoms with van der Waals surface area (Å²) in [5, 5.41) is 76.0. The lowest BCUT2D eigenvalue weighted by Gasteiger charge is -2.33. The minimum Gasteiger partial charge on any atom is -0.508 e. The van der Waals surface area contributed by atoms with Crippen LogP contribution in [0.4, 0.5) is 37.1 Å². The molecule has 9 heterocycles. The highest BCUT2D eigenvalue weighted by molar-refractivity contribution is 7.12. The van der Waals surface area contributed by atoms with Crippen LogP contribution >= 0.6 is 35.1 Å². The fourth-order valence-electron chi connectivity index (χ4n) is 14.0. The van der Waals surface area contributed by atoms with Crippen molar-refractivity contribution in [2.75, 3.05) is 52.4 Å². The number of aliphatic hydroxyl groups excluding tert-OH is 5. The Balaban J connectivity index is 0.000000237. The van der Waals surface area contributed by atoms with Crippen LogP contribution in [0.3, 0.4) is 0 Å². The maximum atomic E-state index is 12.2. The fourth-order valence-corrected chi connectivity index (χ4v) is 16.0. The SMILES string of the molecule is CC(C)(C)OC(=O)N1Cc2ccc(O)cc2C(O)C1.CC(C)COc1ccc2c(c1)C(O)CN(C(=O)OC(C)(C)C)C2.CC(C)Oc1ccc2c(c1)C(O)CN(C(=O)OC(C)(C)C)C2.CC(C)Oc1ccc2c(c1)C(O)CNC2.Cc1ccc2c(c1)C(O)CN(C(=O)OC(C)(C)C)C2.Cc1nc2c(s1)CN(C(=O)OC(C)(C)C)CC2.Cc1nc2c(s1)CNCC2.Cl.O=C(O)C(F)(F)F. The number of carboxylic acid groups (broad SMARTS) is 1. The molecule has 5 aromatic carbocycles. The number of halogens is 4. The average molecular weight is 1920 g/mol. The summed E-state index contributed by atoms with van der Waals surface area (Å²) in [5.41, 5.74) is 10.0. The Morgan fingerprint density at radius 2 is 0.774 bits per heavy atom. The highest BCUT2D eigenvalue weighted by Crippen LogP contribution is 2.37. The molecule has 5 unspecified atom stereocenters. The molecule has 0 radical (unpaired) electrons. The van der Waals surface area contributed by atoms with Crippen LogP contribution in [0.15, 0.2) is 91.0 Å². The van der Waals surface area contributed by atoms with Gasteiger partial charge in [-0.1, -0.05) is 61.9 Å². The summed E-state index contributed by atoms with van der Waals surface area (Å²) in [4.78, 5) is 88.5. The molecule has 14 rings (SSSR count). The minimum absolute atomic E-state index is 0. The highest BCUT2D eigenvalue weighted by Gasteiger charge is 2.39. The van der Waals surface area contributed by atoms with Gasteiger partial charge in [-0.15, -0.1) is 35.1 Å². The topological polar surface area (TPSA) is 384 Å². The number of amides is 5. The number of alkyl halides is 3. The van der Waals surface area contributed by atoms with Crippen LogP contribution in [0.25, 0.3) is 0 Å². The number of carbonyl (C=O) groups is 6. The van der Waals surface area contributed by atoms with Crippen molar-refractivity contribution in [1.29, 1.82) is 0 Å². The van der Waals surface area contributed by atoms with E-state index in [0.717, 1.165) is 116 Å². The number of fused-ring (bicyclic) bond motifs is 7. The number of carbonyl (C=O) groups excluding carboxylic acids is 5. The zero-order valence-electron chi connectivity index (χ0n) is 81.1. The quantitative estimate of drug-likeness (QED) is 0.0669. The number of nitrogens with zero attached hydrogens (tertiary/aromatic N) is 7. The van der Waals surface area contributed by atoms with E-state index in [4.69, 9.17) is 47.8 Å². The number of aliphatic carboxylic acids is 1. The first-order valence-electron chi connectivity index (χ1n) is 44.3. The smallest absolute Gasteiger partial charge is 0.490 e. The molecule has 5 atom stereocenters. The van der Waals surface area contributed by atoms with Crippen molar-refractivity contribution in [3.63, 3.8) is 0 Å². The third kappa shape index (κ3) is 37.4. The number of aliphatic hydroxyl groups is 5. The molecule has 0 saturated heterocycles. The Hall–Kier alpha value is -9.82. The molecule has 0 bridgehead atoms. The summed E-state index contributed by atoms with van der Waals surface area (Å²) in [5.74, 6) is 0.125. The van der Waals surface area contributed by atoms with E-state index in [2.05, 4.69) is 41.4 Å². The Morgan fingerprint density at radius 1 is 0.436 bits per heavy atom. The van der Waals surface area contributed by atoms with Gasteiger partial charge in [0.1, 0.15) is 51.0 Å². The molecule has 7 aliphatic heterocycles. The molecular weight excluding hydrogens is 1780 g/mol. The molecule has 0 fully saturated rings. The van der Waals surface area contributed by atoms with E-state index in [1.54, 1.807) is 54.0 Å². The van der Waals surface area contributed by atoms with Crippen molar-refractivity contribution in [3.8, 4) is 23.0 Å². The fraction of sp³-hybridized carbons (Fsp3) is 0.567. The normalized spacial score (nSPS) is 17.6. The van der Waals surface area contributed by atoms with Gasteiger partial charge in [0, 0.05) is 81.5 Å². The molecule has 2 aromatic heterocycles. The van der Waals surface area contributed by atoms with Crippen LogP contribution in [0.1, 0.15) is 268 Å². The molecule has 0 spiro atoms. The second kappa shape index (κ2) is 48.6. The van der Waals surface area contributed by atoms with Gasteiger partial charge in [-0.3, -0.25) is 0 Å². The Bertz CT molecular complexity index is 4900. The lowest BCUT2D eigenvalue weighted by atomic mass is 9.96. The molecule has 738 valence electrons. The Labute approximate surface area is 794 Å². The number of hydrogen-bond acceptors (Lipinski definition) is 26. The van der Waals surface area contributed by atoms with Crippen molar-refractivity contribution in [3.05, 3.63) is 183 Å². The molecule has 7 aliphatic rings. The predicted octanol–water partition coefficient (Wildman–Crippen LogP) is 18.2. The maximum Gasteiger partial charge on any atom is 0.490 e. The lowest BCUT2D eigenvalue weighted by Crippen LogP contribution is -2.41. The zero-order valence-corrected chi connectivity index (χ0v) is 83.6. The summed E-state index contributed by atoms with van der Waals surface area (Å²) in [6.45, 7) is 53.9. The van der Waals surface area contributed by atoms with Crippen molar-refractivity contribution in [2.24, 2.45) is 5.92 Å². The molecule has 9 N–H and O–H groups in total. The van der Waals surface area contributed by atoms with Crippen molar-refractivity contribution in [1.82, 2.24) is 45.1 Å². The van der Waals surface area contributed by atoms with Gasteiger partial charge in [-0.05, 0) is 262 Å². The third-order valence-electron chi connectivity index (χ3n) is 19.6. The number of nitrogens with one attached hydrogen (secondary N) is 2. The van der Waals surface area contributed by atoms with Crippen LogP contribution in [0.2, 0.25) is 0 Å². The van der Waals surface area contributed by atoms with E-state index in [-0.39, 0.29) is 68.7 Å². The number of rotatable bonds is 7. The minimum atomic E-state index is -5.08. The number of phenols is 1. The number of aromatic nitrogens is 2. The first-order valence-corrected chi connectivity index (χ1v) is 46.0. The molecule has 133 heavy (non-hydrogen) atoms. The average Bonchev–Trinajstić information content (AvgIpc) is 1.79. The van der Waals surface area contributed by atoms with Crippen LogP contribution in [-0.4, -0.2) is 205 Å².